The van der Waals surface area contributed by atoms with Gasteiger partial charge in [0.05, 0.1) is 22.0 Å². The molecule has 3 heterocycles. The summed E-state index contributed by atoms with van der Waals surface area (Å²) in [4.78, 5) is 19.7. The van der Waals surface area contributed by atoms with Gasteiger partial charge >= 0.3 is 0 Å². The number of aromatic nitrogens is 4. The Balaban J connectivity index is 1.58. The molecule has 0 saturated heterocycles. The van der Waals surface area contributed by atoms with Crippen molar-refractivity contribution in [1.29, 1.82) is 0 Å². The van der Waals surface area contributed by atoms with Gasteiger partial charge in [0, 0.05) is 17.0 Å². The molecule has 8 nitrogen and oxygen atoms in total. The number of pyridine rings is 1. The molecular weight excluding hydrogens is 398 g/mol. The molecule has 0 spiro atoms. The number of thiazole rings is 1. The summed E-state index contributed by atoms with van der Waals surface area (Å²) in [5.41, 5.74) is 1.79. The summed E-state index contributed by atoms with van der Waals surface area (Å²) < 4.78 is 5.66. The van der Waals surface area contributed by atoms with E-state index in [2.05, 4.69) is 20.2 Å². The average Bonchev–Trinajstić information content (AvgIpc) is 3.31. The predicted molar refractivity (Wildman–Crippen MR) is 104 cm³/mol. The molecule has 1 aromatic carbocycles. The second-order valence-electron chi connectivity index (χ2n) is 5.74. The highest BCUT2D eigenvalue weighted by Crippen LogP contribution is 2.33. The molecule has 0 bridgehead atoms. The monoisotopic (exact) mass is 411 g/mol. The third-order valence-electron chi connectivity index (χ3n) is 3.73. The van der Waals surface area contributed by atoms with E-state index in [1.807, 2.05) is 30.5 Å². The van der Waals surface area contributed by atoms with Gasteiger partial charge in [-0.15, -0.1) is 21.5 Å². The zero-order chi connectivity index (χ0) is 19.5. The standard InChI is InChI=1S/C18H13N5O3S2/c1-11-19-13(10-27-11)9-15-21-22-18(26-15)28-16-8-7-14(23(24)25)17(20-16)12-5-3-2-4-6-12/h2-8,10H,9H2,1H3. The third-order valence-corrected chi connectivity index (χ3v) is 5.33. The summed E-state index contributed by atoms with van der Waals surface area (Å²) in [6.07, 6.45) is 0.459. The lowest BCUT2D eigenvalue weighted by atomic mass is 10.1. The SMILES string of the molecule is Cc1nc(Cc2nnc(Sc3ccc([N+](=O)[O-])c(-c4ccccc4)n3)o2)cs1. The molecule has 0 N–H and O–H groups in total. The second kappa shape index (κ2) is 7.87. The molecule has 0 unspecified atom stereocenters. The molecule has 140 valence electrons. The van der Waals surface area contributed by atoms with E-state index in [0.717, 1.165) is 22.5 Å². The van der Waals surface area contributed by atoms with Crippen molar-refractivity contribution in [3.63, 3.8) is 0 Å². The molecule has 0 radical (unpaired) electrons. The van der Waals surface area contributed by atoms with Crippen LogP contribution in [0, 0.1) is 17.0 Å². The topological polar surface area (TPSA) is 108 Å². The van der Waals surface area contributed by atoms with Crippen molar-refractivity contribution < 1.29 is 9.34 Å². The zero-order valence-electron chi connectivity index (χ0n) is 14.6. The first-order valence-electron chi connectivity index (χ1n) is 8.20. The van der Waals surface area contributed by atoms with Gasteiger partial charge in [-0.25, -0.2) is 9.97 Å². The van der Waals surface area contributed by atoms with E-state index < -0.39 is 4.92 Å². The van der Waals surface area contributed by atoms with Crippen molar-refractivity contribution in [2.45, 2.75) is 23.6 Å². The van der Waals surface area contributed by atoms with Crippen molar-refractivity contribution in [3.8, 4) is 11.3 Å². The van der Waals surface area contributed by atoms with Crippen LogP contribution in [-0.2, 0) is 6.42 Å². The fourth-order valence-corrected chi connectivity index (χ4v) is 3.82. The minimum atomic E-state index is -0.440. The van der Waals surface area contributed by atoms with Gasteiger partial charge in [0.2, 0.25) is 5.89 Å². The first kappa shape index (κ1) is 18.3. The minimum absolute atomic E-state index is 0.0549. The molecule has 0 aliphatic heterocycles. The number of nitro groups is 1. The Morgan fingerprint density at radius 2 is 1.96 bits per heavy atom. The maximum atomic E-state index is 11.4. The molecule has 0 atom stereocenters. The summed E-state index contributed by atoms with van der Waals surface area (Å²) in [5, 5.41) is 23.2. The lowest BCUT2D eigenvalue weighted by Gasteiger charge is -2.04. The van der Waals surface area contributed by atoms with Crippen LogP contribution >= 0.6 is 23.1 Å². The Morgan fingerprint density at radius 1 is 1.14 bits per heavy atom. The van der Waals surface area contributed by atoms with Gasteiger partial charge in [0.15, 0.2) is 0 Å². The van der Waals surface area contributed by atoms with Gasteiger partial charge in [0.25, 0.3) is 10.9 Å². The van der Waals surface area contributed by atoms with Crippen LogP contribution in [0.15, 0.2) is 62.5 Å². The molecule has 4 aromatic rings. The second-order valence-corrected chi connectivity index (χ2v) is 7.77. The predicted octanol–water partition coefficient (Wildman–Crippen LogP) is 4.55. The molecule has 10 heteroatoms. The quantitative estimate of drug-likeness (QED) is 0.336. The van der Waals surface area contributed by atoms with Crippen LogP contribution in [-0.4, -0.2) is 25.1 Å². The fourth-order valence-electron chi connectivity index (χ4n) is 2.53. The molecule has 4 rings (SSSR count). The van der Waals surface area contributed by atoms with Gasteiger partial charge in [-0.05, 0) is 24.8 Å². The van der Waals surface area contributed by atoms with Gasteiger partial charge in [-0.2, -0.15) is 0 Å². The van der Waals surface area contributed by atoms with Crippen molar-refractivity contribution in [2.75, 3.05) is 0 Å². The Hall–Kier alpha value is -3.11. The zero-order valence-corrected chi connectivity index (χ0v) is 16.2. The van der Waals surface area contributed by atoms with E-state index in [1.54, 1.807) is 29.5 Å². The molecule has 0 aliphatic carbocycles. The first-order chi connectivity index (χ1) is 13.6. The van der Waals surface area contributed by atoms with Gasteiger partial charge in [-0.1, -0.05) is 30.3 Å². The van der Waals surface area contributed by atoms with Crippen molar-refractivity contribution in [3.05, 3.63) is 74.6 Å². The molecule has 0 fully saturated rings. The lowest BCUT2D eigenvalue weighted by Crippen LogP contribution is -1.95. The number of hydrogen-bond donors (Lipinski definition) is 0. The maximum Gasteiger partial charge on any atom is 0.295 e. The van der Waals surface area contributed by atoms with Crippen LogP contribution in [0.2, 0.25) is 0 Å². The Kier molecular flexibility index (Phi) is 5.13. The van der Waals surface area contributed by atoms with Crippen LogP contribution in [0.25, 0.3) is 11.3 Å². The van der Waals surface area contributed by atoms with Crippen LogP contribution in [0.5, 0.6) is 0 Å². The van der Waals surface area contributed by atoms with Gasteiger partial charge in [-0.3, -0.25) is 10.1 Å². The molecule has 0 saturated carbocycles. The first-order valence-corrected chi connectivity index (χ1v) is 9.90. The lowest BCUT2D eigenvalue weighted by molar-refractivity contribution is -0.384. The van der Waals surface area contributed by atoms with Crippen LogP contribution in [0.3, 0.4) is 0 Å². The number of aryl methyl sites for hydroxylation is 1. The Morgan fingerprint density at radius 3 is 2.68 bits per heavy atom. The van der Waals surface area contributed by atoms with E-state index in [1.165, 1.54) is 6.07 Å². The normalized spacial score (nSPS) is 10.9. The van der Waals surface area contributed by atoms with Crippen LogP contribution in [0.4, 0.5) is 5.69 Å². The summed E-state index contributed by atoms with van der Waals surface area (Å²) in [6.45, 7) is 1.94. The summed E-state index contributed by atoms with van der Waals surface area (Å²) in [7, 11) is 0. The smallest absolute Gasteiger partial charge is 0.295 e. The van der Waals surface area contributed by atoms with Gasteiger partial charge < -0.3 is 4.42 Å². The molecule has 0 amide bonds. The molecule has 0 aliphatic rings. The summed E-state index contributed by atoms with van der Waals surface area (Å²) in [6, 6.07) is 12.0. The molecule has 3 aromatic heterocycles. The van der Waals surface area contributed by atoms with Crippen molar-refractivity contribution in [1.82, 2.24) is 20.2 Å². The van der Waals surface area contributed by atoms with Crippen molar-refractivity contribution in [2.24, 2.45) is 0 Å². The van der Waals surface area contributed by atoms with Crippen LogP contribution < -0.4 is 0 Å². The minimum Gasteiger partial charge on any atom is -0.415 e. The van der Waals surface area contributed by atoms with E-state index in [0.29, 0.717) is 33.8 Å². The van der Waals surface area contributed by atoms with E-state index in [-0.39, 0.29) is 5.69 Å². The number of rotatable bonds is 6. The highest BCUT2D eigenvalue weighted by atomic mass is 32.2. The third kappa shape index (κ3) is 4.07. The molecular formula is C18H13N5O3S2. The van der Waals surface area contributed by atoms with E-state index in [4.69, 9.17) is 4.42 Å². The summed E-state index contributed by atoms with van der Waals surface area (Å²) in [5.74, 6) is 0.456. The number of benzene rings is 1. The largest absolute Gasteiger partial charge is 0.415 e. The number of hydrogen-bond acceptors (Lipinski definition) is 9. The van der Waals surface area contributed by atoms with E-state index in [9.17, 15) is 10.1 Å². The van der Waals surface area contributed by atoms with Crippen LogP contribution in [0.1, 0.15) is 16.6 Å². The highest BCUT2D eigenvalue weighted by Gasteiger charge is 2.19. The van der Waals surface area contributed by atoms with Crippen molar-refractivity contribution >= 4 is 28.8 Å². The summed E-state index contributed by atoms with van der Waals surface area (Å²) >= 11 is 2.73. The Labute approximate surface area is 167 Å². The maximum absolute atomic E-state index is 11.4. The van der Waals surface area contributed by atoms with E-state index >= 15 is 0 Å². The highest BCUT2D eigenvalue weighted by molar-refractivity contribution is 7.99. The van der Waals surface area contributed by atoms with Gasteiger partial charge in [0.1, 0.15) is 10.7 Å². The fraction of sp³-hybridized carbons (Fsp3) is 0.111. The number of nitrogens with zero attached hydrogens (tertiary/aromatic N) is 5. The average molecular weight is 411 g/mol. The molecule has 28 heavy (non-hydrogen) atoms. The Bertz CT molecular complexity index is 1130.